The molecule has 3 rings (SSSR count). The Morgan fingerprint density at radius 1 is 1.04 bits per heavy atom. The quantitative estimate of drug-likeness (QED) is 0.741. The fraction of sp³-hybridized carbons (Fsp3) is 0.500. The minimum absolute atomic E-state index is 0.0217. The van der Waals surface area contributed by atoms with Gasteiger partial charge in [-0.05, 0) is 12.1 Å². The summed E-state index contributed by atoms with van der Waals surface area (Å²) in [7, 11) is 1.37. The summed E-state index contributed by atoms with van der Waals surface area (Å²) in [5, 5.41) is 3.39. The van der Waals surface area contributed by atoms with Crippen molar-refractivity contribution in [1.82, 2.24) is 14.8 Å². The molecule has 3 heterocycles. The minimum Gasteiger partial charge on any atom is -0.474 e. The summed E-state index contributed by atoms with van der Waals surface area (Å²) >= 11 is 0. The van der Waals surface area contributed by atoms with E-state index in [2.05, 4.69) is 10.1 Å². The molecule has 0 aliphatic carbocycles. The summed E-state index contributed by atoms with van der Waals surface area (Å²) in [5.74, 6) is 0.440. The second kappa shape index (κ2) is 6.93. The molecule has 0 amide bonds. The number of aryl methyl sites for hydroxylation is 1. The maximum atomic E-state index is 12.7. The normalized spacial score (nSPS) is 16.6. The highest BCUT2D eigenvalue weighted by Crippen LogP contribution is 2.32. The van der Waals surface area contributed by atoms with Gasteiger partial charge in [-0.25, -0.2) is 9.67 Å². The highest BCUT2D eigenvalue weighted by atomic mass is 19.4. The molecule has 0 atom stereocenters. The highest BCUT2D eigenvalue weighted by Gasteiger charge is 2.35. The number of rotatable bonds is 3. The van der Waals surface area contributed by atoms with Crippen molar-refractivity contribution in [2.45, 2.75) is 31.3 Å². The van der Waals surface area contributed by atoms with Crippen LogP contribution in [0.5, 0.6) is 5.88 Å². The molecule has 2 aromatic heterocycles. The van der Waals surface area contributed by atoms with Gasteiger partial charge in [-0.1, -0.05) is 0 Å². The Balaban J connectivity index is 1.59. The maximum Gasteiger partial charge on any atom is 0.435 e. The molecular weight excluding hydrogens is 378 g/mol. The Bertz CT molecular complexity index is 776. The average Bonchev–Trinajstić information content (AvgIpc) is 2.96. The molecule has 0 radical (unpaired) electrons. The molecule has 1 aliphatic heterocycles. The van der Waals surface area contributed by atoms with Crippen LogP contribution in [-0.2, 0) is 19.4 Å². The lowest BCUT2D eigenvalue weighted by molar-refractivity contribution is -0.141. The number of nitrogens with zero attached hydrogens (tertiary/aromatic N) is 4. The number of aromatic nitrogens is 3. The highest BCUT2D eigenvalue weighted by molar-refractivity contribution is 5.40. The SMILES string of the molecule is Cn1nc(C(F)(F)F)cc1OC1CCN(c2ccc(C(F)(F)F)cn2)CC1. The van der Waals surface area contributed by atoms with Crippen LogP contribution in [-0.4, -0.2) is 34.0 Å². The van der Waals surface area contributed by atoms with E-state index in [1.807, 2.05) is 4.90 Å². The monoisotopic (exact) mass is 394 g/mol. The third-order valence-corrected chi connectivity index (χ3v) is 4.26. The number of pyridine rings is 1. The molecule has 0 bridgehead atoms. The van der Waals surface area contributed by atoms with Gasteiger partial charge in [-0.15, -0.1) is 0 Å². The average molecular weight is 394 g/mol. The zero-order valence-electron chi connectivity index (χ0n) is 14.2. The Morgan fingerprint density at radius 2 is 1.70 bits per heavy atom. The summed E-state index contributed by atoms with van der Waals surface area (Å²) in [6.07, 6.45) is -7.52. The Labute approximate surface area is 150 Å². The van der Waals surface area contributed by atoms with Crippen LogP contribution in [0.4, 0.5) is 32.2 Å². The van der Waals surface area contributed by atoms with Gasteiger partial charge in [0.05, 0.1) is 5.56 Å². The Hall–Kier alpha value is -2.46. The third kappa shape index (κ3) is 4.45. The van der Waals surface area contributed by atoms with Gasteiger partial charge >= 0.3 is 12.4 Å². The number of hydrogen-bond donors (Lipinski definition) is 0. The molecule has 0 aromatic carbocycles. The molecule has 148 valence electrons. The van der Waals surface area contributed by atoms with Crippen LogP contribution in [0.2, 0.25) is 0 Å². The van der Waals surface area contributed by atoms with Crippen molar-refractivity contribution in [2.24, 2.45) is 7.05 Å². The molecule has 2 aromatic rings. The summed E-state index contributed by atoms with van der Waals surface area (Å²) in [6, 6.07) is 3.13. The van der Waals surface area contributed by atoms with Crippen molar-refractivity contribution in [3.05, 3.63) is 35.7 Å². The number of hydrogen-bond acceptors (Lipinski definition) is 4. The first-order chi connectivity index (χ1) is 12.5. The minimum atomic E-state index is -4.54. The standard InChI is InChI=1S/C16H16F6N4O/c1-25-14(8-12(24-25)16(20,21)22)27-11-4-6-26(7-5-11)13-3-2-10(9-23-13)15(17,18)19/h2-3,8-9,11H,4-7H2,1H3. The van der Waals surface area contributed by atoms with E-state index < -0.39 is 23.6 Å². The summed E-state index contributed by atoms with van der Waals surface area (Å²) < 4.78 is 82.4. The molecule has 1 saturated heterocycles. The van der Waals surface area contributed by atoms with Crippen LogP contribution in [0.3, 0.4) is 0 Å². The molecule has 1 fully saturated rings. The van der Waals surface area contributed by atoms with Gasteiger partial charge < -0.3 is 9.64 Å². The second-order valence-corrected chi connectivity index (χ2v) is 6.20. The fourth-order valence-corrected chi connectivity index (χ4v) is 2.81. The number of alkyl halides is 6. The van der Waals surface area contributed by atoms with Gasteiger partial charge in [0.1, 0.15) is 11.9 Å². The summed E-state index contributed by atoms with van der Waals surface area (Å²) in [4.78, 5) is 5.66. The van der Waals surface area contributed by atoms with Crippen molar-refractivity contribution < 1.29 is 31.1 Å². The van der Waals surface area contributed by atoms with Gasteiger partial charge in [0, 0.05) is 45.2 Å². The van der Waals surface area contributed by atoms with E-state index in [0.29, 0.717) is 31.7 Å². The fourth-order valence-electron chi connectivity index (χ4n) is 2.81. The molecule has 27 heavy (non-hydrogen) atoms. The first kappa shape index (κ1) is 19.3. The van der Waals surface area contributed by atoms with Gasteiger partial charge in [0.15, 0.2) is 5.69 Å². The summed E-state index contributed by atoms with van der Waals surface area (Å²) in [6.45, 7) is 0.931. The number of ether oxygens (including phenoxy) is 1. The predicted octanol–water partition coefficient (Wildman–Crippen LogP) is 3.90. The van der Waals surface area contributed by atoms with Crippen LogP contribution in [0.15, 0.2) is 24.4 Å². The van der Waals surface area contributed by atoms with Gasteiger partial charge in [0.2, 0.25) is 5.88 Å². The summed E-state index contributed by atoms with van der Waals surface area (Å²) in [5.41, 5.74) is -1.84. The lowest BCUT2D eigenvalue weighted by atomic mass is 10.1. The molecular formula is C16H16F6N4O. The van der Waals surface area contributed by atoms with Crippen molar-refractivity contribution in [3.8, 4) is 5.88 Å². The van der Waals surface area contributed by atoms with Crippen molar-refractivity contribution >= 4 is 5.82 Å². The first-order valence-electron chi connectivity index (χ1n) is 8.10. The number of piperidine rings is 1. The van der Waals surface area contributed by atoms with Crippen LogP contribution < -0.4 is 9.64 Å². The molecule has 0 spiro atoms. The van der Waals surface area contributed by atoms with E-state index >= 15 is 0 Å². The Kier molecular flexibility index (Phi) is 4.96. The zero-order chi connectivity index (χ0) is 19.8. The zero-order valence-corrected chi connectivity index (χ0v) is 14.2. The Morgan fingerprint density at radius 3 is 2.19 bits per heavy atom. The van der Waals surface area contributed by atoms with Gasteiger partial charge in [-0.2, -0.15) is 31.4 Å². The molecule has 0 N–H and O–H groups in total. The van der Waals surface area contributed by atoms with Crippen LogP contribution >= 0.6 is 0 Å². The smallest absolute Gasteiger partial charge is 0.435 e. The lowest BCUT2D eigenvalue weighted by Gasteiger charge is -2.32. The molecule has 0 unspecified atom stereocenters. The molecule has 1 aliphatic rings. The van der Waals surface area contributed by atoms with E-state index in [1.54, 1.807) is 0 Å². The van der Waals surface area contributed by atoms with E-state index in [1.165, 1.54) is 13.1 Å². The largest absolute Gasteiger partial charge is 0.474 e. The van der Waals surface area contributed by atoms with E-state index in [4.69, 9.17) is 4.74 Å². The van der Waals surface area contributed by atoms with Crippen LogP contribution in [0.1, 0.15) is 24.1 Å². The van der Waals surface area contributed by atoms with E-state index in [-0.39, 0.29) is 12.0 Å². The number of anilines is 1. The second-order valence-electron chi connectivity index (χ2n) is 6.20. The predicted molar refractivity (Wildman–Crippen MR) is 83.3 cm³/mol. The van der Waals surface area contributed by atoms with Gasteiger partial charge in [0.25, 0.3) is 0 Å². The molecule has 11 heteroatoms. The molecule has 0 saturated carbocycles. The van der Waals surface area contributed by atoms with Crippen molar-refractivity contribution in [1.29, 1.82) is 0 Å². The van der Waals surface area contributed by atoms with Gasteiger partial charge in [-0.3, -0.25) is 0 Å². The first-order valence-corrected chi connectivity index (χ1v) is 8.10. The maximum absolute atomic E-state index is 12.7. The lowest BCUT2D eigenvalue weighted by Crippen LogP contribution is -2.39. The van der Waals surface area contributed by atoms with Crippen molar-refractivity contribution in [2.75, 3.05) is 18.0 Å². The topological polar surface area (TPSA) is 43.2 Å². The van der Waals surface area contributed by atoms with Crippen molar-refractivity contribution in [3.63, 3.8) is 0 Å². The molecule has 5 nitrogen and oxygen atoms in total. The third-order valence-electron chi connectivity index (χ3n) is 4.26. The van der Waals surface area contributed by atoms with E-state index in [9.17, 15) is 26.3 Å². The number of halogens is 6. The van der Waals surface area contributed by atoms with Crippen LogP contribution in [0, 0.1) is 0 Å². The van der Waals surface area contributed by atoms with Crippen LogP contribution in [0.25, 0.3) is 0 Å². The van der Waals surface area contributed by atoms with E-state index in [0.717, 1.165) is 23.0 Å².